The van der Waals surface area contributed by atoms with E-state index in [9.17, 15) is 4.39 Å². The summed E-state index contributed by atoms with van der Waals surface area (Å²) in [6, 6.07) is 14.9. The van der Waals surface area contributed by atoms with Crippen molar-refractivity contribution in [3.05, 3.63) is 83.2 Å². The molecule has 0 unspecified atom stereocenters. The van der Waals surface area contributed by atoms with Crippen LogP contribution < -0.4 is 5.32 Å². The summed E-state index contributed by atoms with van der Waals surface area (Å²) in [5, 5.41) is 4.27. The van der Waals surface area contributed by atoms with Crippen LogP contribution in [-0.4, -0.2) is 51.6 Å². The molecule has 0 radical (unpaired) electrons. The number of aromatic nitrogens is 2. The van der Waals surface area contributed by atoms with Crippen molar-refractivity contribution in [1.29, 1.82) is 0 Å². The fraction of sp³-hybridized carbons (Fsp3) is 0.360. The van der Waals surface area contributed by atoms with Crippen LogP contribution in [0.4, 0.5) is 4.39 Å². The van der Waals surface area contributed by atoms with Crippen molar-refractivity contribution < 1.29 is 4.39 Å². The Balaban J connectivity index is 1.77. The molecule has 0 spiro atoms. The molecule has 0 saturated carbocycles. The van der Waals surface area contributed by atoms with Crippen LogP contribution in [0.5, 0.6) is 0 Å². The molecule has 0 aliphatic carbocycles. The van der Waals surface area contributed by atoms with Crippen LogP contribution in [0, 0.1) is 19.7 Å². The van der Waals surface area contributed by atoms with Gasteiger partial charge in [0.05, 0.1) is 17.8 Å². The van der Waals surface area contributed by atoms with Crippen LogP contribution in [0.3, 0.4) is 0 Å². The van der Waals surface area contributed by atoms with Crippen LogP contribution in [0.2, 0.25) is 0 Å². The van der Waals surface area contributed by atoms with E-state index in [-0.39, 0.29) is 17.9 Å². The Labute approximate surface area is 194 Å². The van der Waals surface area contributed by atoms with Crippen molar-refractivity contribution in [2.75, 3.05) is 27.2 Å². The van der Waals surface area contributed by atoms with Gasteiger partial charge in [0.1, 0.15) is 5.82 Å². The molecule has 7 heteroatoms. The van der Waals surface area contributed by atoms with Gasteiger partial charge in [0.25, 0.3) is 0 Å². The van der Waals surface area contributed by atoms with Crippen molar-refractivity contribution >= 4 is 17.3 Å². The summed E-state index contributed by atoms with van der Waals surface area (Å²) >= 11 is 5.78. The number of rotatable bonds is 7. The van der Waals surface area contributed by atoms with Gasteiger partial charge >= 0.3 is 0 Å². The largest absolute Gasteiger partial charge is 0.352 e. The first-order chi connectivity index (χ1) is 15.4. The predicted molar refractivity (Wildman–Crippen MR) is 131 cm³/mol. The van der Waals surface area contributed by atoms with E-state index < -0.39 is 0 Å². The maximum Gasteiger partial charge on any atom is 0.170 e. The molecule has 1 fully saturated rings. The lowest BCUT2D eigenvalue weighted by Crippen LogP contribution is -2.32. The minimum Gasteiger partial charge on any atom is -0.352 e. The third-order valence-electron chi connectivity index (χ3n) is 6.06. The number of nitrogens with one attached hydrogen (secondary N) is 1. The molecule has 2 atom stereocenters. The highest BCUT2D eigenvalue weighted by Gasteiger charge is 2.41. The standard InChI is InChI=1S/C25H30FN5S/c1-17-15-21(18(2)31(17)20-10-7-9-19(26)16-20)24-23(22-11-5-6-12-27-22)28-25(32)30(24)14-8-13-29(3)4/h5-7,9-12,15-16,23-24H,8,13-14H2,1-4H3,(H,28,32)/t23-,24-/m1/s1. The fourth-order valence-electron chi connectivity index (χ4n) is 4.64. The number of hydrogen-bond donors (Lipinski definition) is 1. The van der Waals surface area contributed by atoms with Crippen LogP contribution in [0.25, 0.3) is 5.69 Å². The van der Waals surface area contributed by atoms with Crippen molar-refractivity contribution in [2.45, 2.75) is 32.4 Å². The van der Waals surface area contributed by atoms with Gasteiger partial charge in [0, 0.05) is 29.8 Å². The zero-order chi connectivity index (χ0) is 22.8. The second-order valence-corrected chi connectivity index (χ2v) is 9.01. The first kappa shape index (κ1) is 22.4. The number of aryl methyl sites for hydroxylation is 1. The maximum absolute atomic E-state index is 14.0. The highest BCUT2D eigenvalue weighted by Crippen LogP contribution is 2.41. The molecule has 2 aromatic heterocycles. The SMILES string of the molecule is Cc1cc([C@@H]2[C@@H](c3ccccn3)NC(=S)N2CCCN(C)C)c(C)n1-c1cccc(F)c1. The molecule has 1 saturated heterocycles. The van der Waals surface area contributed by atoms with Crippen molar-refractivity contribution in [3.63, 3.8) is 0 Å². The van der Waals surface area contributed by atoms with Crippen LogP contribution in [0.1, 0.15) is 41.1 Å². The van der Waals surface area contributed by atoms with Crippen molar-refractivity contribution in [2.24, 2.45) is 0 Å². The third kappa shape index (κ3) is 4.40. The van der Waals surface area contributed by atoms with E-state index >= 15 is 0 Å². The molecule has 3 aromatic rings. The summed E-state index contributed by atoms with van der Waals surface area (Å²) < 4.78 is 16.1. The third-order valence-corrected chi connectivity index (χ3v) is 6.41. The Morgan fingerprint density at radius 3 is 2.62 bits per heavy atom. The predicted octanol–water partition coefficient (Wildman–Crippen LogP) is 4.55. The molecule has 1 aromatic carbocycles. The van der Waals surface area contributed by atoms with Gasteiger partial charge in [-0.2, -0.15) is 0 Å². The molecule has 168 valence electrons. The highest BCUT2D eigenvalue weighted by atomic mass is 32.1. The topological polar surface area (TPSA) is 36.3 Å². The molecule has 1 aliphatic rings. The van der Waals surface area contributed by atoms with Gasteiger partial charge in [0.15, 0.2) is 5.11 Å². The summed E-state index contributed by atoms with van der Waals surface area (Å²) in [7, 11) is 4.17. The summed E-state index contributed by atoms with van der Waals surface area (Å²) in [6.07, 6.45) is 2.82. The van der Waals surface area contributed by atoms with Gasteiger partial charge in [-0.15, -0.1) is 0 Å². The van der Waals surface area contributed by atoms with Crippen LogP contribution in [0.15, 0.2) is 54.7 Å². The Morgan fingerprint density at radius 1 is 1.12 bits per heavy atom. The lowest BCUT2D eigenvalue weighted by atomic mass is 9.96. The van der Waals surface area contributed by atoms with Crippen LogP contribution >= 0.6 is 12.2 Å². The minimum absolute atomic E-state index is 0.00747. The minimum atomic E-state index is -0.239. The molecule has 1 aliphatic heterocycles. The van der Waals surface area contributed by atoms with E-state index in [0.717, 1.165) is 47.4 Å². The number of hydrogen-bond acceptors (Lipinski definition) is 3. The molecule has 3 heterocycles. The number of thiocarbonyl (C=S) groups is 1. The maximum atomic E-state index is 14.0. The van der Waals surface area contributed by atoms with Gasteiger partial charge in [-0.05, 0) is 95.1 Å². The zero-order valence-electron chi connectivity index (χ0n) is 19.0. The highest BCUT2D eigenvalue weighted by molar-refractivity contribution is 7.80. The summed E-state index contributed by atoms with van der Waals surface area (Å²) in [5.41, 5.74) is 5.12. The molecule has 5 nitrogen and oxygen atoms in total. The zero-order valence-corrected chi connectivity index (χ0v) is 19.9. The summed E-state index contributed by atoms with van der Waals surface area (Å²) in [6.45, 7) is 6.00. The number of pyridine rings is 1. The van der Waals surface area contributed by atoms with E-state index in [1.165, 1.54) is 11.6 Å². The van der Waals surface area contributed by atoms with E-state index in [1.807, 2.05) is 30.5 Å². The number of halogens is 1. The molecule has 1 N–H and O–H groups in total. The average Bonchev–Trinajstić information content (AvgIpc) is 3.24. The van der Waals surface area contributed by atoms with E-state index in [0.29, 0.717) is 0 Å². The van der Waals surface area contributed by atoms with Crippen LogP contribution in [-0.2, 0) is 0 Å². The van der Waals surface area contributed by atoms with E-state index in [1.54, 1.807) is 12.1 Å². The lowest BCUT2D eigenvalue weighted by molar-refractivity contribution is 0.292. The monoisotopic (exact) mass is 451 g/mol. The smallest absolute Gasteiger partial charge is 0.170 e. The molecular formula is C25H30FN5S. The number of nitrogens with zero attached hydrogens (tertiary/aromatic N) is 4. The molecule has 0 amide bonds. The van der Waals surface area contributed by atoms with E-state index in [4.69, 9.17) is 12.2 Å². The summed E-state index contributed by atoms with van der Waals surface area (Å²) in [5.74, 6) is -0.239. The first-order valence-corrected chi connectivity index (χ1v) is 11.3. The first-order valence-electron chi connectivity index (χ1n) is 10.9. The van der Waals surface area contributed by atoms with Gasteiger partial charge in [-0.1, -0.05) is 12.1 Å². The van der Waals surface area contributed by atoms with Gasteiger partial charge < -0.3 is 19.7 Å². The van der Waals surface area contributed by atoms with Gasteiger partial charge in [-0.3, -0.25) is 4.98 Å². The number of benzene rings is 1. The Morgan fingerprint density at radius 2 is 1.94 bits per heavy atom. The van der Waals surface area contributed by atoms with Gasteiger partial charge in [-0.25, -0.2) is 4.39 Å². The molecular weight excluding hydrogens is 421 g/mol. The van der Waals surface area contributed by atoms with Crippen molar-refractivity contribution in [1.82, 2.24) is 24.7 Å². The van der Waals surface area contributed by atoms with E-state index in [2.05, 4.69) is 58.7 Å². The second kappa shape index (κ2) is 9.38. The molecule has 32 heavy (non-hydrogen) atoms. The Hall–Kier alpha value is -2.77. The fourth-order valence-corrected chi connectivity index (χ4v) is 4.97. The Kier molecular flexibility index (Phi) is 6.58. The molecule has 4 rings (SSSR count). The lowest BCUT2D eigenvalue weighted by Gasteiger charge is -2.28. The second-order valence-electron chi connectivity index (χ2n) is 8.62. The summed E-state index contributed by atoms with van der Waals surface area (Å²) in [4.78, 5) is 9.10. The quantitative estimate of drug-likeness (QED) is 0.533. The van der Waals surface area contributed by atoms with Crippen molar-refractivity contribution in [3.8, 4) is 5.69 Å². The normalized spacial score (nSPS) is 18.4. The molecule has 0 bridgehead atoms. The van der Waals surface area contributed by atoms with Gasteiger partial charge in [0.2, 0.25) is 0 Å². The average molecular weight is 452 g/mol. The Bertz CT molecular complexity index is 1090.